The first-order valence-electron chi connectivity index (χ1n) is 10.2. The molecule has 0 radical (unpaired) electrons. The van der Waals surface area contributed by atoms with Crippen LogP contribution in [0.15, 0.2) is 53.5 Å². The number of carbonyl (C=O) groups is 1. The summed E-state index contributed by atoms with van der Waals surface area (Å²) < 4.78 is 10.8. The highest BCUT2D eigenvalue weighted by atomic mass is 35.5. The molecule has 3 rings (SSSR count). The fourth-order valence-corrected chi connectivity index (χ4v) is 4.55. The van der Waals surface area contributed by atoms with Crippen LogP contribution in [-0.4, -0.2) is 37.6 Å². The predicted octanol–water partition coefficient (Wildman–Crippen LogP) is 4.29. The number of nitrogens with zero attached hydrogens (tertiary/aromatic N) is 2. The number of Topliss-reactive ketones (excluding diaryl/α,β-unsaturated/α-hetero) is 1. The molecule has 1 aromatic rings. The van der Waals surface area contributed by atoms with Crippen molar-refractivity contribution in [3.8, 4) is 11.8 Å². The normalized spacial score (nSPS) is 20.4. The van der Waals surface area contributed by atoms with Crippen LogP contribution >= 0.6 is 11.6 Å². The monoisotopic (exact) mass is 441 g/mol. The van der Waals surface area contributed by atoms with E-state index < -0.39 is 5.92 Å². The zero-order chi connectivity index (χ0) is 22.8. The topological polar surface area (TPSA) is 88.6 Å². The van der Waals surface area contributed by atoms with E-state index in [1.165, 1.54) is 0 Å². The summed E-state index contributed by atoms with van der Waals surface area (Å²) in [6.07, 6.45) is 2.73. The highest BCUT2D eigenvalue weighted by molar-refractivity contribution is 6.32. The van der Waals surface area contributed by atoms with Crippen LogP contribution in [0.5, 0.6) is 5.75 Å². The van der Waals surface area contributed by atoms with Crippen LogP contribution in [0.1, 0.15) is 38.2 Å². The third kappa shape index (κ3) is 4.48. The molecule has 0 bridgehead atoms. The van der Waals surface area contributed by atoms with E-state index in [9.17, 15) is 10.1 Å². The van der Waals surface area contributed by atoms with E-state index in [-0.39, 0.29) is 11.2 Å². The highest BCUT2D eigenvalue weighted by Crippen LogP contribution is 2.49. The minimum Gasteiger partial charge on any atom is -0.488 e. The van der Waals surface area contributed by atoms with Crippen LogP contribution in [0.25, 0.3) is 0 Å². The van der Waals surface area contributed by atoms with Crippen LogP contribution in [0, 0.1) is 16.7 Å². The Bertz CT molecular complexity index is 1000. The van der Waals surface area contributed by atoms with Gasteiger partial charge in [-0.15, -0.1) is 0 Å². The maximum absolute atomic E-state index is 13.4. The molecule has 1 aromatic carbocycles. The number of ether oxygens (including phenoxy) is 2. The summed E-state index contributed by atoms with van der Waals surface area (Å²) in [5, 5.41) is 10.4. The Hall–Kier alpha value is -2.75. The van der Waals surface area contributed by atoms with Gasteiger partial charge in [-0.2, -0.15) is 5.26 Å². The second-order valence-electron chi connectivity index (χ2n) is 8.58. The Morgan fingerprint density at radius 2 is 2.16 bits per heavy atom. The smallest absolute Gasteiger partial charge is 0.162 e. The van der Waals surface area contributed by atoms with E-state index >= 15 is 0 Å². The lowest BCUT2D eigenvalue weighted by atomic mass is 9.68. The van der Waals surface area contributed by atoms with Crippen molar-refractivity contribution >= 4 is 17.4 Å². The van der Waals surface area contributed by atoms with E-state index in [1.807, 2.05) is 11.0 Å². The van der Waals surface area contributed by atoms with Crippen molar-refractivity contribution in [2.45, 2.75) is 32.6 Å². The predicted molar refractivity (Wildman–Crippen MR) is 120 cm³/mol. The molecule has 0 fully saturated rings. The molecule has 0 unspecified atom stereocenters. The maximum atomic E-state index is 13.4. The summed E-state index contributed by atoms with van der Waals surface area (Å²) in [6.45, 7) is 9.00. The number of hydrogen-bond acceptors (Lipinski definition) is 6. The number of rotatable bonds is 7. The third-order valence-corrected chi connectivity index (χ3v) is 5.95. The molecule has 6 nitrogen and oxygen atoms in total. The molecule has 1 aliphatic carbocycles. The Kier molecular flexibility index (Phi) is 6.78. The fraction of sp³-hybridized carbons (Fsp3) is 0.417. The van der Waals surface area contributed by atoms with Gasteiger partial charge in [0.2, 0.25) is 0 Å². The summed E-state index contributed by atoms with van der Waals surface area (Å²) in [6, 6.07) is 7.58. The number of benzene rings is 1. The number of nitriles is 1. The van der Waals surface area contributed by atoms with Gasteiger partial charge >= 0.3 is 0 Å². The summed E-state index contributed by atoms with van der Waals surface area (Å²) in [5.41, 5.74) is 8.86. The summed E-state index contributed by atoms with van der Waals surface area (Å²) in [4.78, 5) is 15.2. The molecule has 0 saturated heterocycles. The van der Waals surface area contributed by atoms with E-state index in [1.54, 1.807) is 25.3 Å². The molecule has 1 heterocycles. The van der Waals surface area contributed by atoms with Crippen LogP contribution in [0.4, 0.5) is 0 Å². The first-order chi connectivity index (χ1) is 14.7. The van der Waals surface area contributed by atoms with Gasteiger partial charge in [0.1, 0.15) is 18.2 Å². The Labute approximate surface area is 188 Å². The lowest BCUT2D eigenvalue weighted by molar-refractivity contribution is -0.118. The van der Waals surface area contributed by atoms with Crippen molar-refractivity contribution in [3.63, 3.8) is 0 Å². The number of nitrogens with two attached hydrogens (primary N) is 1. The molecule has 2 N–H and O–H groups in total. The van der Waals surface area contributed by atoms with Gasteiger partial charge in [0.05, 0.1) is 29.2 Å². The standard InChI is InChI=1S/C24H28ClN3O3/c1-5-9-31-20-7-6-15(11-17(20)25)21-16(14-26)23(27)28(8-10-30-4)18-12-24(2,3)13-19(29)22(18)21/h5-7,11,21H,1,8-10,12-13,27H2,2-4H3/t21-/m1/s1. The fourth-order valence-electron chi connectivity index (χ4n) is 4.31. The Morgan fingerprint density at radius 1 is 1.42 bits per heavy atom. The van der Waals surface area contributed by atoms with Crippen molar-refractivity contribution in [1.82, 2.24) is 4.90 Å². The minimum atomic E-state index is -0.562. The average molecular weight is 442 g/mol. The van der Waals surface area contributed by atoms with Crippen LogP contribution in [0.3, 0.4) is 0 Å². The zero-order valence-electron chi connectivity index (χ0n) is 18.2. The van der Waals surface area contributed by atoms with Crippen molar-refractivity contribution in [3.05, 3.63) is 64.1 Å². The SMILES string of the molecule is C=CCOc1ccc([C@@H]2C(C#N)=C(N)N(CCOC)C3=C2C(=O)CC(C)(C)C3)cc1Cl. The van der Waals surface area contributed by atoms with E-state index in [4.69, 9.17) is 26.8 Å². The summed E-state index contributed by atoms with van der Waals surface area (Å²) >= 11 is 6.45. The molecule has 31 heavy (non-hydrogen) atoms. The Balaban J connectivity index is 2.16. The second kappa shape index (κ2) is 9.17. The number of hydrogen-bond donors (Lipinski definition) is 1. The molecule has 7 heteroatoms. The van der Waals surface area contributed by atoms with Gasteiger partial charge in [-0.3, -0.25) is 4.79 Å². The lowest BCUT2D eigenvalue weighted by Gasteiger charge is -2.43. The molecule has 0 spiro atoms. The lowest BCUT2D eigenvalue weighted by Crippen LogP contribution is -2.43. The molecule has 2 aliphatic rings. The highest BCUT2D eigenvalue weighted by Gasteiger charge is 2.44. The third-order valence-electron chi connectivity index (χ3n) is 5.65. The average Bonchev–Trinajstić information content (AvgIpc) is 2.70. The van der Waals surface area contributed by atoms with Gasteiger partial charge in [-0.25, -0.2) is 0 Å². The van der Waals surface area contributed by atoms with E-state index in [2.05, 4.69) is 26.5 Å². The molecule has 0 amide bonds. The minimum absolute atomic E-state index is 0.0297. The molecule has 1 aliphatic heterocycles. The molecule has 0 aromatic heterocycles. The van der Waals surface area contributed by atoms with Gasteiger partial charge in [-0.05, 0) is 29.5 Å². The first kappa shape index (κ1) is 22.9. The van der Waals surface area contributed by atoms with Crippen molar-refractivity contribution < 1.29 is 14.3 Å². The number of allylic oxidation sites excluding steroid dienone is 3. The van der Waals surface area contributed by atoms with Gasteiger partial charge in [0.15, 0.2) is 5.78 Å². The number of ketones is 1. The van der Waals surface area contributed by atoms with Crippen molar-refractivity contribution in [1.29, 1.82) is 5.26 Å². The Morgan fingerprint density at radius 3 is 2.77 bits per heavy atom. The molecule has 164 valence electrons. The second-order valence-corrected chi connectivity index (χ2v) is 8.99. The van der Waals surface area contributed by atoms with Crippen molar-refractivity contribution in [2.75, 3.05) is 26.9 Å². The van der Waals surface area contributed by atoms with E-state index in [0.717, 1.165) is 11.3 Å². The maximum Gasteiger partial charge on any atom is 0.162 e. The van der Waals surface area contributed by atoms with E-state index in [0.29, 0.717) is 60.3 Å². The number of halogens is 1. The summed E-state index contributed by atoms with van der Waals surface area (Å²) in [7, 11) is 1.61. The van der Waals surface area contributed by atoms with Gasteiger partial charge < -0.3 is 20.1 Å². The summed E-state index contributed by atoms with van der Waals surface area (Å²) in [5.74, 6) is 0.343. The molecule has 1 atom stereocenters. The largest absolute Gasteiger partial charge is 0.488 e. The zero-order valence-corrected chi connectivity index (χ0v) is 19.0. The number of carbonyl (C=O) groups excluding carboxylic acids is 1. The number of methoxy groups -OCH3 is 1. The molecular formula is C24H28ClN3O3. The van der Waals surface area contributed by atoms with Crippen molar-refractivity contribution in [2.24, 2.45) is 11.1 Å². The first-order valence-corrected chi connectivity index (χ1v) is 10.6. The molecule has 0 saturated carbocycles. The van der Waals surface area contributed by atoms with Gasteiger partial charge in [-0.1, -0.05) is 44.2 Å². The van der Waals surface area contributed by atoms with Crippen LogP contribution in [-0.2, 0) is 9.53 Å². The van der Waals surface area contributed by atoms with Crippen LogP contribution < -0.4 is 10.5 Å². The quantitative estimate of drug-likeness (QED) is 0.635. The van der Waals surface area contributed by atoms with Gasteiger partial charge in [0.25, 0.3) is 0 Å². The van der Waals surface area contributed by atoms with Gasteiger partial charge in [0, 0.05) is 31.3 Å². The van der Waals surface area contributed by atoms with Crippen LogP contribution in [0.2, 0.25) is 5.02 Å². The molecular weight excluding hydrogens is 414 g/mol.